The van der Waals surface area contributed by atoms with E-state index in [2.05, 4.69) is 4.72 Å². The van der Waals surface area contributed by atoms with Crippen molar-refractivity contribution in [3.05, 3.63) is 67.5 Å². The second-order valence-corrected chi connectivity index (χ2v) is 9.93. The molecule has 0 aliphatic heterocycles. The summed E-state index contributed by atoms with van der Waals surface area (Å²) in [4.78, 5) is 1.84. The number of sulfonamides is 1. The summed E-state index contributed by atoms with van der Waals surface area (Å²) in [5.41, 5.74) is 2.39. The molecular weight excluding hydrogens is 402 g/mol. The van der Waals surface area contributed by atoms with Gasteiger partial charge in [-0.05, 0) is 71.6 Å². The van der Waals surface area contributed by atoms with Gasteiger partial charge in [0, 0.05) is 16.3 Å². The van der Waals surface area contributed by atoms with Crippen LogP contribution in [0.3, 0.4) is 0 Å². The van der Waals surface area contributed by atoms with Crippen molar-refractivity contribution in [1.82, 2.24) is 4.72 Å². The summed E-state index contributed by atoms with van der Waals surface area (Å²) in [6, 6.07) is 8.76. The Kier molecular flexibility index (Phi) is 6.02. The number of methoxy groups -OCH3 is 1. The second-order valence-electron chi connectivity index (χ2n) is 6.18. The lowest BCUT2D eigenvalue weighted by molar-refractivity contribution is 0.224. The first-order chi connectivity index (χ1) is 12.8. The summed E-state index contributed by atoms with van der Waals surface area (Å²) >= 11 is 2.92. The van der Waals surface area contributed by atoms with Crippen LogP contribution in [0, 0.1) is 13.8 Å². The van der Waals surface area contributed by atoms with Crippen LogP contribution in [0.2, 0.25) is 0 Å². The van der Waals surface area contributed by atoms with Gasteiger partial charge in [-0.3, -0.25) is 0 Å². The van der Waals surface area contributed by atoms with Gasteiger partial charge >= 0.3 is 0 Å². The van der Waals surface area contributed by atoms with Crippen molar-refractivity contribution < 1.29 is 18.3 Å². The number of aliphatic hydroxyl groups excluding tert-OH is 1. The molecule has 0 aliphatic rings. The molecule has 2 heterocycles. The summed E-state index contributed by atoms with van der Waals surface area (Å²) in [6.45, 7) is 3.82. The maximum absolute atomic E-state index is 12.6. The first kappa shape index (κ1) is 20.0. The van der Waals surface area contributed by atoms with E-state index in [-0.39, 0.29) is 11.4 Å². The molecule has 3 rings (SSSR count). The van der Waals surface area contributed by atoms with Gasteiger partial charge in [0.1, 0.15) is 11.9 Å². The molecule has 1 aromatic carbocycles. The third-order valence-electron chi connectivity index (χ3n) is 4.20. The van der Waals surface area contributed by atoms with Gasteiger partial charge in [-0.15, -0.1) is 11.3 Å². The van der Waals surface area contributed by atoms with Gasteiger partial charge in [0.2, 0.25) is 10.0 Å². The van der Waals surface area contributed by atoms with Crippen molar-refractivity contribution in [3.63, 3.8) is 0 Å². The van der Waals surface area contributed by atoms with Gasteiger partial charge in [-0.25, -0.2) is 13.1 Å². The van der Waals surface area contributed by atoms with E-state index in [1.165, 1.54) is 22.7 Å². The molecule has 2 N–H and O–H groups in total. The highest BCUT2D eigenvalue weighted by Crippen LogP contribution is 2.30. The number of benzene rings is 1. The van der Waals surface area contributed by atoms with Gasteiger partial charge in [0.05, 0.1) is 12.0 Å². The molecule has 27 heavy (non-hydrogen) atoms. The van der Waals surface area contributed by atoms with Crippen LogP contribution >= 0.6 is 22.7 Å². The molecule has 0 spiro atoms. The van der Waals surface area contributed by atoms with Crippen LogP contribution < -0.4 is 9.46 Å². The predicted molar refractivity (Wildman–Crippen MR) is 109 cm³/mol. The number of aryl methyl sites for hydroxylation is 2. The van der Waals surface area contributed by atoms with Crippen molar-refractivity contribution in [3.8, 4) is 5.75 Å². The van der Waals surface area contributed by atoms with Gasteiger partial charge in [0.25, 0.3) is 0 Å². The number of hydrogen-bond acceptors (Lipinski definition) is 6. The van der Waals surface area contributed by atoms with Gasteiger partial charge in [-0.1, -0.05) is 0 Å². The molecule has 8 heteroatoms. The van der Waals surface area contributed by atoms with E-state index in [0.29, 0.717) is 5.75 Å². The normalized spacial score (nSPS) is 12.9. The zero-order chi connectivity index (χ0) is 19.6. The van der Waals surface area contributed by atoms with Gasteiger partial charge < -0.3 is 9.84 Å². The Morgan fingerprint density at radius 3 is 2.48 bits per heavy atom. The van der Waals surface area contributed by atoms with Crippen LogP contribution in [0.15, 0.2) is 46.0 Å². The SMILES string of the molecule is COc1c(C)cc(S(=O)(=O)NCc2ccc(C(O)c3ccsc3)s2)cc1C. The van der Waals surface area contributed by atoms with Crippen LogP contribution in [0.5, 0.6) is 5.75 Å². The third kappa shape index (κ3) is 4.41. The van der Waals surface area contributed by atoms with Crippen LogP contribution in [0.25, 0.3) is 0 Å². The molecule has 5 nitrogen and oxygen atoms in total. The molecule has 1 unspecified atom stereocenters. The summed E-state index contributed by atoms with van der Waals surface area (Å²) in [5.74, 6) is 0.694. The molecule has 0 bridgehead atoms. The molecule has 3 aromatic rings. The highest BCUT2D eigenvalue weighted by Gasteiger charge is 2.18. The Labute approximate surface area is 167 Å². The lowest BCUT2D eigenvalue weighted by atomic mass is 10.1. The van der Waals surface area contributed by atoms with E-state index in [0.717, 1.165) is 26.4 Å². The van der Waals surface area contributed by atoms with Crippen molar-refractivity contribution in [2.45, 2.75) is 31.4 Å². The minimum absolute atomic E-state index is 0.174. The van der Waals surface area contributed by atoms with E-state index in [1.807, 2.05) is 42.8 Å². The van der Waals surface area contributed by atoms with Crippen molar-refractivity contribution >= 4 is 32.7 Å². The number of hydrogen-bond donors (Lipinski definition) is 2. The standard InChI is InChI=1S/C19H21NO4S3/c1-12-8-16(9-13(2)19(12)24-3)27(22,23)20-10-15-4-5-17(26-15)18(21)14-6-7-25-11-14/h4-9,11,18,20-21H,10H2,1-3H3. The van der Waals surface area contributed by atoms with E-state index in [9.17, 15) is 13.5 Å². The third-order valence-corrected chi connectivity index (χ3v) is 7.42. The van der Waals surface area contributed by atoms with E-state index < -0.39 is 16.1 Å². The van der Waals surface area contributed by atoms with Gasteiger partial charge in [-0.2, -0.15) is 11.3 Å². The Hall–Kier alpha value is -1.71. The summed E-state index contributed by atoms with van der Waals surface area (Å²) in [6.07, 6.45) is -0.682. The maximum atomic E-state index is 12.6. The molecule has 144 valence electrons. The number of rotatable bonds is 7. The zero-order valence-electron chi connectivity index (χ0n) is 15.2. The molecule has 0 fully saturated rings. The Morgan fingerprint density at radius 2 is 1.89 bits per heavy atom. The lowest BCUT2D eigenvalue weighted by Gasteiger charge is -2.12. The van der Waals surface area contributed by atoms with E-state index in [4.69, 9.17) is 4.74 Å². The largest absolute Gasteiger partial charge is 0.496 e. The average molecular weight is 424 g/mol. The van der Waals surface area contributed by atoms with Crippen LogP contribution in [0.4, 0.5) is 0 Å². The fourth-order valence-electron chi connectivity index (χ4n) is 2.87. The predicted octanol–water partition coefficient (Wildman–Crippen LogP) is 4.00. The number of ether oxygens (including phenoxy) is 1. The minimum Gasteiger partial charge on any atom is -0.496 e. The molecule has 0 amide bonds. The molecular formula is C19H21NO4S3. The fourth-order valence-corrected chi connectivity index (χ4v) is 5.78. The zero-order valence-corrected chi connectivity index (χ0v) is 17.7. The van der Waals surface area contributed by atoms with Gasteiger partial charge in [0.15, 0.2) is 0 Å². The Bertz CT molecular complexity index is 1000. The number of aliphatic hydroxyl groups is 1. The fraction of sp³-hybridized carbons (Fsp3) is 0.263. The van der Waals surface area contributed by atoms with Crippen LogP contribution in [-0.2, 0) is 16.6 Å². The average Bonchev–Trinajstić information content (AvgIpc) is 3.31. The number of thiophene rings is 2. The first-order valence-corrected chi connectivity index (χ1v) is 11.5. The van der Waals surface area contributed by atoms with Crippen LogP contribution in [-0.4, -0.2) is 20.6 Å². The molecule has 0 saturated heterocycles. The van der Waals surface area contributed by atoms with Crippen molar-refractivity contribution in [1.29, 1.82) is 0 Å². The van der Waals surface area contributed by atoms with Crippen LogP contribution in [0.1, 0.15) is 32.5 Å². The quantitative estimate of drug-likeness (QED) is 0.602. The molecule has 1 atom stereocenters. The molecule has 2 aromatic heterocycles. The molecule has 0 radical (unpaired) electrons. The molecule has 0 aliphatic carbocycles. The maximum Gasteiger partial charge on any atom is 0.240 e. The summed E-state index contributed by atoms with van der Waals surface area (Å²) < 4.78 is 33.2. The number of nitrogens with one attached hydrogen (secondary N) is 1. The highest BCUT2D eigenvalue weighted by molar-refractivity contribution is 7.89. The minimum atomic E-state index is -3.64. The lowest BCUT2D eigenvalue weighted by Crippen LogP contribution is -2.23. The van der Waals surface area contributed by atoms with Crippen molar-refractivity contribution in [2.24, 2.45) is 0 Å². The second kappa shape index (κ2) is 8.12. The monoisotopic (exact) mass is 423 g/mol. The summed E-state index contributed by atoms with van der Waals surface area (Å²) in [7, 11) is -2.07. The van der Waals surface area contributed by atoms with Crippen molar-refractivity contribution in [2.75, 3.05) is 7.11 Å². The summed E-state index contributed by atoms with van der Waals surface area (Å²) in [5, 5.41) is 14.2. The Balaban J connectivity index is 1.73. The topological polar surface area (TPSA) is 75.6 Å². The molecule has 0 saturated carbocycles. The van der Waals surface area contributed by atoms with E-state index in [1.54, 1.807) is 19.2 Å². The smallest absolute Gasteiger partial charge is 0.240 e. The Morgan fingerprint density at radius 1 is 1.19 bits per heavy atom. The van der Waals surface area contributed by atoms with E-state index >= 15 is 0 Å². The first-order valence-electron chi connectivity index (χ1n) is 8.25. The highest BCUT2D eigenvalue weighted by atomic mass is 32.2.